The smallest absolute Gasteiger partial charge is 0.462 e. The SMILES string of the molecule is CC1(C)OB([C@@H]2CCC[C@@H]2C(=O)OCCc2ccc(Cl)cc2)OC1(C)C. The summed E-state index contributed by atoms with van der Waals surface area (Å²) < 4.78 is 17.9. The van der Waals surface area contributed by atoms with Gasteiger partial charge in [-0.25, -0.2) is 0 Å². The summed E-state index contributed by atoms with van der Waals surface area (Å²) in [4.78, 5) is 12.6. The van der Waals surface area contributed by atoms with E-state index in [-0.39, 0.29) is 36.0 Å². The maximum atomic E-state index is 12.6. The quantitative estimate of drug-likeness (QED) is 0.551. The monoisotopic (exact) mass is 378 g/mol. The van der Waals surface area contributed by atoms with E-state index in [1.54, 1.807) is 0 Å². The van der Waals surface area contributed by atoms with Crippen LogP contribution in [0.3, 0.4) is 0 Å². The zero-order valence-corrected chi connectivity index (χ0v) is 16.8. The van der Waals surface area contributed by atoms with Crippen LogP contribution in [0.15, 0.2) is 24.3 Å². The molecule has 2 aliphatic rings. The van der Waals surface area contributed by atoms with Crippen molar-refractivity contribution in [1.29, 1.82) is 0 Å². The fourth-order valence-electron chi connectivity index (χ4n) is 3.70. The van der Waals surface area contributed by atoms with Crippen molar-refractivity contribution in [2.24, 2.45) is 5.92 Å². The number of benzene rings is 1. The highest BCUT2D eigenvalue weighted by molar-refractivity contribution is 6.48. The van der Waals surface area contributed by atoms with Gasteiger partial charge in [0.15, 0.2) is 0 Å². The summed E-state index contributed by atoms with van der Waals surface area (Å²) in [6.45, 7) is 8.55. The lowest BCUT2D eigenvalue weighted by Gasteiger charge is -2.32. The molecule has 0 unspecified atom stereocenters. The standard InChI is InChI=1S/C20H28BClO4/c1-19(2)20(3,4)26-21(25-19)17-7-5-6-16(17)18(23)24-13-12-14-8-10-15(22)11-9-14/h8-11,16-17H,5-7,12-13H2,1-4H3/t16-,17+/m0/s1. The van der Waals surface area contributed by atoms with Crippen molar-refractivity contribution in [3.8, 4) is 0 Å². The second-order valence-electron chi connectivity index (χ2n) is 8.37. The van der Waals surface area contributed by atoms with Gasteiger partial charge in [0.25, 0.3) is 0 Å². The fraction of sp³-hybridized carbons (Fsp3) is 0.650. The van der Waals surface area contributed by atoms with Crippen molar-refractivity contribution < 1.29 is 18.8 Å². The van der Waals surface area contributed by atoms with Gasteiger partial charge in [-0.05, 0) is 51.8 Å². The molecule has 2 fully saturated rings. The van der Waals surface area contributed by atoms with E-state index in [1.165, 1.54) is 0 Å². The maximum Gasteiger partial charge on any atom is 0.462 e. The number of esters is 1. The first-order valence-electron chi connectivity index (χ1n) is 9.46. The molecule has 0 aromatic heterocycles. The predicted molar refractivity (Wildman–Crippen MR) is 103 cm³/mol. The topological polar surface area (TPSA) is 44.8 Å². The average Bonchev–Trinajstić information content (AvgIpc) is 3.12. The van der Waals surface area contributed by atoms with Crippen molar-refractivity contribution in [1.82, 2.24) is 0 Å². The molecular formula is C20H28BClO4. The van der Waals surface area contributed by atoms with Gasteiger partial charge < -0.3 is 14.0 Å². The zero-order valence-electron chi connectivity index (χ0n) is 16.1. The molecule has 0 amide bonds. The molecule has 0 radical (unpaired) electrons. The third kappa shape index (κ3) is 4.10. The number of carbonyl (C=O) groups is 1. The van der Waals surface area contributed by atoms with Crippen molar-refractivity contribution in [3.05, 3.63) is 34.9 Å². The van der Waals surface area contributed by atoms with Gasteiger partial charge in [0.1, 0.15) is 0 Å². The van der Waals surface area contributed by atoms with Gasteiger partial charge in [0.2, 0.25) is 0 Å². The lowest BCUT2D eigenvalue weighted by molar-refractivity contribution is -0.148. The van der Waals surface area contributed by atoms with Crippen LogP contribution < -0.4 is 0 Å². The van der Waals surface area contributed by atoms with Gasteiger partial charge in [-0.1, -0.05) is 36.6 Å². The third-order valence-corrected chi connectivity index (χ3v) is 6.29. The Labute approximate surface area is 161 Å². The molecular weight excluding hydrogens is 350 g/mol. The van der Waals surface area contributed by atoms with Gasteiger partial charge in [0.05, 0.1) is 23.7 Å². The molecule has 6 heteroatoms. The van der Waals surface area contributed by atoms with E-state index in [9.17, 15) is 4.79 Å². The lowest BCUT2D eigenvalue weighted by Crippen LogP contribution is -2.41. The van der Waals surface area contributed by atoms with Crippen LogP contribution in [0.2, 0.25) is 10.8 Å². The highest BCUT2D eigenvalue weighted by Gasteiger charge is 2.56. The summed E-state index contributed by atoms with van der Waals surface area (Å²) in [5.41, 5.74) is 0.364. The Balaban J connectivity index is 1.54. The highest BCUT2D eigenvalue weighted by Crippen LogP contribution is 2.47. The van der Waals surface area contributed by atoms with E-state index in [4.69, 9.17) is 25.6 Å². The second kappa shape index (κ2) is 7.53. The Morgan fingerprint density at radius 2 is 1.77 bits per heavy atom. The van der Waals surface area contributed by atoms with Crippen LogP contribution in [-0.4, -0.2) is 30.9 Å². The first kappa shape index (κ1) is 19.7. The van der Waals surface area contributed by atoms with E-state index in [2.05, 4.69) is 0 Å². The van der Waals surface area contributed by atoms with E-state index < -0.39 is 0 Å². The van der Waals surface area contributed by atoms with Crippen LogP contribution in [-0.2, 0) is 25.3 Å². The molecule has 1 aromatic rings. The number of rotatable bonds is 5. The number of carbonyl (C=O) groups excluding carboxylic acids is 1. The third-order valence-electron chi connectivity index (χ3n) is 6.04. The van der Waals surface area contributed by atoms with E-state index >= 15 is 0 Å². The Kier molecular flexibility index (Phi) is 5.71. The Morgan fingerprint density at radius 3 is 2.38 bits per heavy atom. The van der Waals surface area contributed by atoms with Gasteiger partial charge in [-0.3, -0.25) is 4.79 Å². The minimum absolute atomic E-state index is 0.0686. The van der Waals surface area contributed by atoms with Crippen molar-refractivity contribution in [2.45, 2.75) is 70.4 Å². The lowest BCUT2D eigenvalue weighted by atomic mass is 9.66. The van der Waals surface area contributed by atoms with Crippen LogP contribution >= 0.6 is 11.6 Å². The largest absolute Gasteiger partial charge is 0.465 e. The van der Waals surface area contributed by atoms with E-state index in [0.717, 1.165) is 24.8 Å². The minimum atomic E-state index is -0.372. The van der Waals surface area contributed by atoms with Crippen LogP contribution in [0, 0.1) is 5.92 Å². The molecule has 1 heterocycles. The summed E-state index contributed by atoms with van der Waals surface area (Å²) in [6.07, 6.45) is 3.48. The Morgan fingerprint density at radius 1 is 1.15 bits per heavy atom. The molecule has 1 aliphatic heterocycles. The molecule has 1 aliphatic carbocycles. The molecule has 1 saturated carbocycles. The maximum absolute atomic E-state index is 12.6. The summed E-state index contributed by atoms with van der Waals surface area (Å²) in [5, 5.41) is 0.710. The predicted octanol–water partition coefficient (Wildman–Crippen LogP) is 4.69. The molecule has 0 N–H and O–H groups in total. The van der Waals surface area contributed by atoms with Crippen LogP contribution in [0.4, 0.5) is 0 Å². The molecule has 0 spiro atoms. The van der Waals surface area contributed by atoms with Gasteiger partial charge >= 0.3 is 13.1 Å². The number of halogens is 1. The molecule has 3 rings (SSSR count). The van der Waals surface area contributed by atoms with Crippen molar-refractivity contribution in [2.75, 3.05) is 6.61 Å². The van der Waals surface area contributed by atoms with Crippen molar-refractivity contribution in [3.63, 3.8) is 0 Å². The van der Waals surface area contributed by atoms with Crippen LogP contribution in [0.1, 0.15) is 52.5 Å². The first-order valence-corrected chi connectivity index (χ1v) is 9.84. The summed E-state index contributed by atoms with van der Waals surface area (Å²) in [7, 11) is -0.337. The van der Waals surface area contributed by atoms with E-state index in [1.807, 2.05) is 52.0 Å². The van der Waals surface area contributed by atoms with Gasteiger partial charge in [-0.15, -0.1) is 0 Å². The number of ether oxygens (including phenoxy) is 1. The van der Waals surface area contributed by atoms with Crippen molar-refractivity contribution >= 4 is 24.7 Å². The Bertz CT molecular complexity index is 628. The minimum Gasteiger partial charge on any atom is -0.465 e. The van der Waals surface area contributed by atoms with Crippen LogP contribution in [0.5, 0.6) is 0 Å². The molecule has 0 bridgehead atoms. The molecule has 1 saturated heterocycles. The second-order valence-corrected chi connectivity index (χ2v) is 8.81. The number of hydrogen-bond donors (Lipinski definition) is 0. The summed E-state index contributed by atoms with van der Waals surface area (Å²) in [6, 6.07) is 7.62. The van der Waals surface area contributed by atoms with Gasteiger partial charge in [-0.2, -0.15) is 0 Å². The highest BCUT2D eigenvalue weighted by atomic mass is 35.5. The molecule has 142 valence electrons. The average molecular weight is 379 g/mol. The fourth-order valence-corrected chi connectivity index (χ4v) is 3.82. The number of hydrogen-bond acceptors (Lipinski definition) is 4. The summed E-state index contributed by atoms with van der Waals surface area (Å²) in [5.74, 6) is -0.204. The zero-order chi connectivity index (χ0) is 18.9. The molecule has 1 aromatic carbocycles. The molecule has 4 nitrogen and oxygen atoms in total. The first-order chi connectivity index (χ1) is 12.2. The molecule has 2 atom stereocenters. The van der Waals surface area contributed by atoms with Crippen LogP contribution in [0.25, 0.3) is 0 Å². The molecule has 26 heavy (non-hydrogen) atoms. The van der Waals surface area contributed by atoms with Gasteiger partial charge in [0, 0.05) is 17.3 Å². The Hall–Kier alpha value is -1.04. The summed E-state index contributed by atoms with van der Waals surface area (Å²) >= 11 is 5.89. The normalized spacial score (nSPS) is 26.9. The van der Waals surface area contributed by atoms with E-state index in [0.29, 0.717) is 18.1 Å².